The molecule has 1 fully saturated rings. The first-order valence-electron chi connectivity index (χ1n) is 7.42. The van der Waals surface area contributed by atoms with Crippen molar-refractivity contribution in [2.75, 3.05) is 26.2 Å². The largest absolute Gasteiger partial charge is 0.385 e. The Kier molecular flexibility index (Phi) is 2.37. The third kappa shape index (κ3) is 1.47. The molecule has 4 aliphatic heterocycles. The quantitative estimate of drug-likeness (QED) is 0.797. The summed E-state index contributed by atoms with van der Waals surface area (Å²) in [4.78, 5) is 14.4. The number of amidine groups is 2. The Morgan fingerprint density at radius 1 is 1.32 bits per heavy atom. The Labute approximate surface area is 113 Å². The summed E-state index contributed by atoms with van der Waals surface area (Å²) in [6, 6.07) is 0.0347. The van der Waals surface area contributed by atoms with Crippen molar-refractivity contribution < 1.29 is 0 Å². The van der Waals surface area contributed by atoms with Gasteiger partial charge in [-0.25, -0.2) is 0 Å². The molecule has 0 radical (unpaired) electrons. The molecule has 4 heterocycles. The Morgan fingerprint density at radius 3 is 3.05 bits per heavy atom. The Morgan fingerprint density at radius 2 is 2.21 bits per heavy atom. The molecule has 0 aromatic rings. The fourth-order valence-corrected chi connectivity index (χ4v) is 3.83. The fraction of sp³-hybridized carbons (Fsp3) is 0.714. The predicted octanol–water partition coefficient (Wildman–Crippen LogP) is 0.787. The zero-order chi connectivity index (χ0) is 13.0. The standard InChI is InChI=1S/C14H21N5/c1-2-3-10-17-12-11-9(8-16-13(12)15)4-5-18-6-7-19(10)14(11)18/h9,12H,2-8H2,1H3,(H2,15,16). The van der Waals surface area contributed by atoms with Gasteiger partial charge in [0.05, 0.1) is 0 Å². The molecule has 5 heteroatoms. The molecular formula is C14H21N5. The highest BCUT2D eigenvalue weighted by Crippen LogP contribution is 2.41. The van der Waals surface area contributed by atoms with Crippen molar-refractivity contribution in [3.63, 3.8) is 0 Å². The average molecular weight is 259 g/mol. The number of nitrogens with two attached hydrogens (primary N) is 1. The first kappa shape index (κ1) is 11.3. The molecule has 19 heavy (non-hydrogen) atoms. The van der Waals surface area contributed by atoms with E-state index in [9.17, 15) is 0 Å². The lowest BCUT2D eigenvalue weighted by Gasteiger charge is -2.43. The van der Waals surface area contributed by atoms with Crippen LogP contribution >= 0.6 is 0 Å². The van der Waals surface area contributed by atoms with Crippen molar-refractivity contribution in [3.8, 4) is 0 Å². The molecule has 0 aromatic heterocycles. The van der Waals surface area contributed by atoms with Gasteiger partial charge in [0.2, 0.25) is 0 Å². The van der Waals surface area contributed by atoms with Gasteiger partial charge in [-0.3, -0.25) is 9.98 Å². The van der Waals surface area contributed by atoms with Crippen molar-refractivity contribution in [1.29, 1.82) is 0 Å². The summed E-state index contributed by atoms with van der Waals surface area (Å²) >= 11 is 0. The predicted molar refractivity (Wildman–Crippen MR) is 76.0 cm³/mol. The molecule has 2 atom stereocenters. The molecule has 5 nitrogen and oxygen atoms in total. The molecular weight excluding hydrogens is 238 g/mol. The highest BCUT2D eigenvalue weighted by molar-refractivity contribution is 5.96. The summed E-state index contributed by atoms with van der Waals surface area (Å²) in [5, 5.41) is 0. The van der Waals surface area contributed by atoms with Gasteiger partial charge in [0, 0.05) is 44.1 Å². The second-order valence-corrected chi connectivity index (χ2v) is 5.87. The molecule has 0 bridgehead atoms. The Bertz CT molecular complexity index is 504. The smallest absolute Gasteiger partial charge is 0.134 e. The summed E-state index contributed by atoms with van der Waals surface area (Å²) in [7, 11) is 0. The topological polar surface area (TPSA) is 57.2 Å². The summed E-state index contributed by atoms with van der Waals surface area (Å²) in [6.45, 7) is 6.47. The van der Waals surface area contributed by atoms with Crippen molar-refractivity contribution in [2.45, 2.75) is 32.2 Å². The molecule has 2 N–H and O–H groups in total. The lowest BCUT2D eigenvalue weighted by Crippen LogP contribution is -2.49. The molecule has 0 amide bonds. The van der Waals surface area contributed by atoms with Gasteiger partial charge < -0.3 is 15.5 Å². The van der Waals surface area contributed by atoms with Crippen molar-refractivity contribution in [1.82, 2.24) is 9.80 Å². The first-order chi connectivity index (χ1) is 9.29. The maximum absolute atomic E-state index is 6.13. The van der Waals surface area contributed by atoms with Gasteiger partial charge in [0.1, 0.15) is 23.5 Å². The highest BCUT2D eigenvalue weighted by Gasteiger charge is 2.44. The maximum Gasteiger partial charge on any atom is 0.134 e. The SMILES string of the molecule is CCCC1=NC2C(N)=NCC3CCN4CCN1C4=C32. The number of aliphatic imine (C=N–C) groups is 2. The number of nitrogens with zero attached hydrogens (tertiary/aromatic N) is 4. The second kappa shape index (κ2) is 3.99. The molecule has 4 rings (SSSR count). The van der Waals surface area contributed by atoms with Crippen molar-refractivity contribution in [2.24, 2.45) is 21.6 Å². The van der Waals surface area contributed by atoms with Crippen LogP contribution in [0.5, 0.6) is 0 Å². The van der Waals surface area contributed by atoms with Crippen LogP contribution in [0.15, 0.2) is 21.4 Å². The molecule has 1 saturated heterocycles. The highest BCUT2D eigenvalue weighted by atomic mass is 15.4. The van der Waals surface area contributed by atoms with Gasteiger partial charge in [0.25, 0.3) is 0 Å². The van der Waals surface area contributed by atoms with Crippen molar-refractivity contribution in [3.05, 3.63) is 11.4 Å². The zero-order valence-electron chi connectivity index (χ0n) is 11.5. The Hall–Kier alpha value is -1.52. The van der Waals surface area contributed by atoms with Crippen LogP contribution in [0.2, 0.25) is 0 Å². The Balaban J connectivity index is 1.84. The molecule has 0 saturated carbocycles. The van der Waals surface area contributed by atoms with Crippen LogP contribution in [0.3, 0.4) is 0 Å². The van der Waals surface area contributed by atoms with Gasteiger partial charge >= 0.3 is 0 Å². The molecule has 102 valence electrons. The van der Waals surface area contributed by atoms with E-state index in [1.165, 1.54) is 30.2 Å². The third-order valence-corrected chi connectivity index (χ3v) is 4.73. The average Bonchev–Trinajstić information content (AvgIpc) is 2.85. The number of hydrogen-bond acceptors (Lipinski definition) is 5. The summed E-state index contributed by atoms with van der Waals surface area (Å²) < 4.78 is 0. The summed E-state index contributed by atoms with van der Waals surface area (Å²) in [5.74, 6) is 3.93. The molecule has 0 aliphatic carbocycles. The van der Waals surface area contributed by atoms with Gasteiger partial charge in [-0.05, 0) is 12.8 Å². The van der Waals surface area contributed by atoms with E-state index in [2.05, 4.69) is 21.7 Å². The summed E-state index contributed by atoms with van der Waals surface area (Å²) in [6.07, 6.45) is 3.38. The molecule has 4 aliphatic rings. The van der Waals surface area contributed by atoms with Gasteiger partial charge in [0.15, 0.2) is 0 Å². The number of rotatable bonds is 2. The number of hydrogen-bond donors (Lipinski definition) is 1. The minimum atomic E-state index is 0.0347. The first-order valence-corrected chi connectivity index (χ1v) is 7.42. The monoisotopic (exact) mass is 259 g/mol. The van der Waals surface area contributed by atoms with Gasteiger partial charge in [-0.1, -0.05) is 6.92 Å². The minimum Gasteiger partial charge on any atom is -0.385 e. The third-order valence-electron chi connectivity index (χ3n) is 4.73. The van der Waals surface area contributed by atoms with E-state index in [0.29, 0.717) is 5.92 Å². The van der Waals surface area contributed by atoms with E-state index in [1.54, 1.807) is 0 Å². The molecule has 0 aromatic carbocycles. The van der Waals surface area contributed by atoms with Crippen LogP contribution in [0, 0.1) is 5.92 Å². The lowest BCUT2D eigenvalue weighted by atomic mass is 9.83. The van der Waals surface area contributed by atoms with E-state index in [1.807, 2.05) is 0 Å². The fourth-order valence-electron chi connectivity index (χ4n) is 3.83. The maximum atomic E-state index is 6.13. The van der Waals surface area contributed by atoms with E-state index in [0.717, 1.165) is 38.3 Å². The van der Waals surface area contributed by atoms with E-state index >= 15 is 0 Å². The molecule has 2 unspecified atom stereocenters. The van der Waals surface area contributed by atoms with Crippen molar-refractivity contribution >= 4 is 11.7 Å². The van der Waals surface area contributed by atoms with Crippen LogP contribution in [0.4, 0.5) is 0 Å². The van der Waals surface area contributed by atoms with Gasteiger partial charge in [-0.15, -0.1) is 0 Å². The second-order valence-electron chi connectivity index (χ2n) is 5.87. The van der Waals surface area contributed by atoms with Crippen LogP contribution in [-0.4, -0.2) is 53.7 Å². The van der Waals surface area contributed by atoms with Crippen LogP contribution < -0.4 is 5.73 Å². The van der Waals surface area contributed by atoms with Crippen LogP contribution in [0.25, 0.3) is 0 Å². The van der Waals surface area contributed by atoms with Gasteiger partial charge in [-0.2, -0.15) is 0 Å². The van der Waals surface area contributed by atoms with Crippen LogP contribution in [-0.2, 0) is 0 Å². The minimum absolute atomic E-state index is 0.0347. The van der Waals surface area contributed by atoms with E-state index in [4.69, 9.17) is 10.7 Å². The normalized spacial score (nSPS) is 32.3. The lowest BCUT2D eigenvalue weighted by molar-refractivity contribution is 0.292. The summed E-state index contributed by atoms with van der Waals surface area (Å²) in [5.41, 5.74) is 7.59. The van der Waals surface area contributed by atoms with Crippen LogP contribution in [0.1, 0.15) is 26.2 Å². The van der Waals surface area contributed by atoms with E-state index in [-0.39, 0.29) is 6.04 Å². The molecule has 0 spiro atoms. The van der Waals surface area contributed by atoms with E-state index < -0.39 is 0 Å². The zero-order valence-corrected chi connectivity index (χ0v) is 11.5.